The highest BCUT2D eigenvalue weighted by Crippen LogP contribution is 2.22. The lowest BCUT2D eigenvalue weighted by Crippen LogP contribution is -2.29. The van der Waals surface area contributed by atoms with Gasteiger partial charge < -0.3 is 0 Å². The smallest absolute Gasteiger partial charge is 0.252 e. The van der Waals surface area contributed by atoms with Crippen molar-refractivity contribution < 1.29 is 8.42 Å². The van der Waals surface area contributed by atoms with Gasteiger partial charge >= 0.3 is 0 Å². The quantitative estimate of drug-likeness (QED) is 0.656. The zero-order valence-electron chi connectivity index (χ0n) is 14.2. The molecule has 1 atom stereocenters. The highest BCUT2D eigenvalue weighted by Gasteiger charge is 2.21. The Balaban J connectivity index is 1.81. The van der Waals surface area contributed by atoms with Crippen molar-refractivity contribution in [3.05, 3.63) is 77.3 Å². The average Bonchev–Trinajstić information content (AvgIpc) is 3.14. The molecular weight excluding hydrogens is 386 g/mol. The molecule has 0 bridgehead atoms. The van der Waals surface area contributed by atoms with E-state index in [0.717, 1.165) is 5.56 Å². The maximum Gasteiger partial charge on any atom is 0.252 e. The lowest BCUT2D eigenvalue weighted by Gasteiger charge is -2.19. The Morgan fingerprint density at radius 2 is 1.85 bits per heavy atom. The Bertz CT molecular complexity index is 1040. The molecule has 9 heteroatoms. The van der Waals surface area contributed by atoms with Crippen molar-refractivity contribution in [1.29, 1.82) is 5.26 Å². The Morgan fingerprint density at radius 3 is 2.48 bits per heavy atom. The maximum absolute atomic E-state index is 12.8. The van der Waals surface area contributed by atoms with Crippen LogP contribution < -0.4 is 4.72 Å². The molecule has 1 heterocycles. The second-order valence-corrected chi connectivity index (χ2v) is 7.92. The monoisotopic (exact) mass is 401 g/mol. The third-order valence-electron chi connectivity index (χ3n) is 3.91. The fourth-order valence-electron chi connectivity index (χ4n) is 2.56. The number of benzene rings is 2. The summed E-state index contributed by atoms with van der Waals surface area (Å²) in [6, 6.07) is 16.7. The summed E-state index contributed by atoms with van der Waals surface area (Å²) < 4.78 is 29.8. The normalized spacial score (nSPS) is 12.4. The van der Waals surface area contributed by atoms with Gasteiger partial charge in [0.1, 0.15) is 12.4 Å². The first kappa shape index (κ1) is 19.0. The first-order chi connectivity index (χ1) is 13.0. The SMILES string of the molecule is N#Cc1ncn(CCC(NS(=O)(=O)c2ccc(Cl)cc2)c2ccccc2)n1. The van der Waals surface area contributed by atoms with Gasteiger partial charge in [-0.1, -0.05) is 41.9 Å². The molecule has 2 aromatic carbocycles. The third kappa shape index (κ3) is 4.92. The van der Waals surface area contributed by atoms with Crippen molar-refractivity contribution in [2.24, 2.45) is 0 Å². The molecular formula is C18H16ClN5O2S. The zero-order chi connectivity index (χ0) is 19.3. The molecule has 7 nitrogen and oxygen atoms in total. The van der Waals surface area contributed by atoms with E-state index in [1.807, 2.05) is 36.4 Å². The van der Waals surface area contributed by atoms with E-state index in [9.17, 15) is 8.42 Å². The van der Waals surface area contributed by atoms with Gasteiger partial charge in [-0.25, -0.2) is 18.1 Å². The van der Waals surface area contributed by atoms with Crippen LogP contribution >= 0.6 is 11.6 Å². The molecule has 3 rings (SSSR count). The minimum absolute atomic E-state index is 0.0769. The summed E-state index contributed by atoms with van der Waals surface area (Å²) in [4.78, 5) is 3.99. The van der Waals surface area contributed by atoms with Crippen LogP contribution in [0.4, 0.5) is 0 Å². The van der Waals surface area contributed by atoms with Crippen LogP contribution in [0.5, 0.6) is 0 Å². The predicted molar refractivity (Wildman–Crippen MR) is 100 cm³/mol. The van der Waals surface area contributed by atoms with Gasteiger partial charge in [-0.3, -0.25) is 4.68 Å². The highest BCUT2D eigenvalue weighted by atomic mass is 35.5. The van der Waals surface area contributed by atoms with Gasteiger partial charge in [-0.15, -0.1) is 5.10 Å². The number of nitrogens with zero attached hydrogens (tertiary/aromatic N) is 4. The Hall–Kier alpha value is -2.73. The number of hydrogen-bond donors (Lipinski definition) is 1. The number of nitrogens with one attached hydrogen (secondary N) is 1. The van der Waals surface area contributed by atoms with Crippen molar-refractivity contribution >= 4 is 21.6 Å². The lowest BCUT2D eigenvalue weighted by molar-refractivity contribution is 0.485. The van der Waals surface area contributed by atoms with Crippen LogP contribution in [0.3, 0.4) is 0 Å². The highest BCUT2D eigenvalue weighted by molar-refractivity contribution is 7.89. The summed E-state index contributed by atoms with van der Waals surface area (Å²) in [6.45, 7) is 0.400. The molecule has 138 valence electrons. The van der Waals surface area contributed by atoms with Crippen molar-refractivity contribution in [1.82, 2.24) is 19.5 Å². The summed E-state index contributed by atoms with van der Waals surface area (Å²) in [7, 11) is -3.73. The lowest BCUT2D eigenvalue weighted by atomic mass is 10.1. The number of nitriles is 1. The number of rotatable bonds is 7. The molecule has 0 amide bonds. The number of aromatic nitrogens is 3. The Morgan fingerprint density at radius 1 is 1.15 bits per heavy atom. The van der Waals surface area contributed by atoms with Gasteiger partial charge in [0.15, 0.2) is 0 Å². The van der Waals surface area contributed by atoms with E-state index in [2.05, 4.69) is 14.8 Å². The van der Waals surface area contributed by atoms with Crippen molar-refractivity contribution in [3.63, 3.8) is 0 Å². The molecule has 0 spiro atoms. The van der Waals surface area contributed by atoms with E-state index >= 15 is 0 Å². The van der Waals surface area contributed by atoms with Crippen LogP contribution in [0.2, 0.25) is 5.02 Å². The molecule has 0 saturated carbocycles. The molecule has 0 fully saturated rings. The molecule has 0 aliphatic carbocycles. The number of aryl methyl sites for hydroxylation is 1. The molecule has 27 heavy (non-hydrogen) atoms. The number of halogens is 1. The van der Waals surface area contributed by atoms with Gasteiger partial charge in [0.05, 0.1) is 4.90 Å². The second kappa shape index (κ2) is 8.31. The predicted octanol–water partition coefficient (Wildman–Crippen LogP) is 2.91. The molecule has 0 saturated heterocycles. The van der Waals surface area contributed by atoms with Crippen LogP contribution in [0.25, 0.3) is 0 Å². The molecule has 0 aliphatic rings. The molecule has 0 aliphatic heterocycles. The van der Waals surface area contributed by atoms with Crippen LogP contribution in [0.1, 0.15) is 23.9 Å². The van der Waals surface area contributed by atoms with Crippen LogP contribution in [-0.4, -0.2) is 23.2 Å². The molecule has 3 aromatic rings. The number of sulfonamides is 1. The fourth-order valence-corrected chi connectivity index (χ4v) is 3.95. The van der Waals surface area contributed by atoms with E-state index in [-0.39, 0.29) is 10.7 Å². The van der Waals surface area contributed by atoms with Crippen molar-refractivity contribution in [2.75, 3.05) is 0 Å². The van der Waals surface area contributed by atoms with E-state index in [1.165, 1.54) is 35.3 Å². The van der Waals surface area contributed by atoms with Gasteiger partial charge in [0.2, 0.25) is 10.0 Å². The van der Waals surface area contributed by atoms with Gasteiger partial charge in [0.25, 0.3) is 5.82 Å². The topological polar surface area (TPSA) is 101 Å². The van der Waals surface area contributed by atoms with Crippen LogP contribution in [-0.2, 0) is 16.6 Å². The van der Waals surface area contributed by atoms with Crippen LogP contribution in [0.15, 0.2) is 65.8 Å². The molecule has 1 unspecified atom stereocenters. The fraction of sp³-hybridized carbons (Fsp3) is 0.167. The van der Waals surface area contributed by atoms with Crippen molar-refractivity contribution in [3.8, 4) is 6.07 Å². The van der Waals surface area contributed by atoms with Gasteiger partial charge in [0, 0.05) is 17.6 Å². The zero-order valence-corrected chi connectivity index (χ0v) is 15.7. The van der Waals surface area contributed by atoms with E-state index < -0.39 is 16.1 Å². The van der Waals surface area contributed by atoms with Crippen LogP contribution in [0, 0.1) is 11.3 Å². The first-order valence-corrected chi connectivity index (χ1v) is 9.96. The van der Waals surface area contributed by atoms with Gasteiger partial charge in [-0.2, -0.15) is 5.26 Å². The Labute approximate surface area is 162 Å². The standard InChI is InChI=1S/C18H16ClN5O2S/c19-15-6-8-16(9-7-15)27(25,26)23-17(14-4-2-1-3-5-14)10-11-24-13-21-18(12-20)22-24/h1-9,13,17,23H,10-11H2. The second-order valence-electron chi connectivity index (χ2n) is 5.77. The van der Waals surface area contributed by atoms with Crippen molar-refractivity contribution in [2.45, 2.75) is 23.9 Å². The van der Waals surface area contributed by atoms with E-state index in [1.54, 1.807) is 0 Å². The minimum atomic E-state index is -3.73. The summed E-state index contributed by atoms with van der Waals surface area (Å²) in [5.41, 5.74) is 0.829. The summed E-state index contributed by atoms with van der Waals surface area (Å²) >= 11 is 5.84. The largest absolute Gasteiger partial charge is 0.252 e. The summed E-state index contributed by atoms with van der Waals surface area (Å²) in [5.74, 6) is 0.0769. The van der Waals surface area contributed by atoms with Gasteiger partial charge in [-0.05, 0) is 36.2 Å². The molecule has 0 radical (unpaired) electrons. The third-order valence-corrected chi connectivity index (χ3v) is 5.65. The van der Waals surface area contributed by atoms with E-state index in [4.69, 9.17) is 16.9 Å². The average molecular weight is 402 g/mol. The maximum atomic E-state index is 12.8. The summed E-state index contributed by atoms with van der Waals surface area (Å²) in [5, 5.41) is 13.3. The molecule has 1 N–H and O–H groups in total. The molecule has 1 aromatic heterocycles. The summed E-state index contributed by atoms with van der Waals surface area (Å²) in [6.07, 6.45) is 1.89. The Kier molecular flexibility index (Phi) is 5.86. The first-order valence-electron chi connectivity index (χ1n) is 8.10. The minimum Gasteiger partial charge on any atom is -0.252 e. The number of hydrogen-bond acceptors (Lipinski definition) is 5. The van der Waals surface area contributed by atoms with E-state index in [0.29, 0.717) is 18.0 Å².